The molecule has 0 saturated heterocycles. The van der Waals surface area contributed by atoms with E-state index >= 15 is 0 Å². The Hall–Kier alpha value is -2.58. The minimum atomic E-state index is -2.06. The lowest BCUT2D eigenvalue weighted by Gasteiger charge is -2.39. The number of rotatable bonds is 4. The number of carbonyl (C=O) groups is 2. The lowest BCUT2D eigenvalue weighted by molar-refractivity contribution is -0.187. The zero-order valence-electron chi connectivity index (χ0n) is 13.5. The minimum Gasteiger partial charge on any atom is -0.504 e. The number of aromatic hydroxyl groups is 2. The maximum atomic E-state index is 11.9. The quantitative estimate of drug-likeness (QED) is 0.301. The van der Waals surface area contributed by atoms with Gasteiger partial charge in [0.1, 0.15) is 6.10 Å². The Labute approximate surface area is 143 Å². The van der Waals surface area contributed by atoms with Crippen molar-refractivity contribution in [3.63, 3.8) is 0 Å². The van der Waals surface area contributed by atoms with Crippen LogP contribution < -0.4 is 0 Å². The molecule has 2 rings (SSSR count). The number of ether oxygens (including phenoxy) is 1. The monoisotopic (exact) mass is 352 g/mol. The van der Waals surface area contributed by atoms with Crippen LogP contribution in [0.1, 0.15) is 25.3 Å². The summed E-state index contributed by atoms with van der Waals surface area (Å²) < 4.78 is 5.08. The molecule has 1 saturated carbocycles. The smallest absolute Gasteiger partial charge is 0.335 e. The first-order valence-corrected chi connectivity index (χ1v) is 7.67. The third-order valence-electron chi connectivity index (χ3n) is 4.24. The van der Waals surface area contributed by atoms with Crippen LogP contribution in [-0.4, -0.2) is 55.3 Å². The number of aliphatic carboxylic acids is 1. The fourth-order valence-corrected chi connectivity index (χ4v) is 2.84. The average molecular weight is 352 g/mol. The molecule has 8 nitrogen and oxygen atoms in total. The number of aliphatic hydroxyl groups excluding tert-OH is 1. The van der Waals surface area contributed by atoms with E-state index in [1.165, 1.54) is 24.3 Å². The molecule has 0 aliphatic heterocycles. The second-order valence-corrected chi connectivity index (χ2v) is 6.27. The first kappa shape index (κ1) is 18.8. The number of phenols is 2. The van der Waals surface area contributed by atoms with E-state index in [-0.39, 0.29) is 17.9 Å². The van der Waals surface area contributed by atoms with Gasteiger partial charge in [0.25, 0.3) is 0 Å². The predicted molar refractivity (Wildman–Crippen MR) is 85.7 cm³/mol. The van der Waals surface area contributed by atoms with Crippen molar-refractivity contribution in [1.29, 1.82) is 0 Å². The molecular formula is C17H20O8. The summed E-state index contributed by atoms with van der Waals surface area (Å²) in [7, 11) is 0. The average Bonchev–Trinajstić information content (AvgIpc) is 2.53. The Bertz CT molecular complexity index is 698. The minimum absolute atomic E-state index is 0.139. The molecule has 0 aromatic heterocycles. The largest absolute Gasteiger partial charge is 0.504 e. The van der Waals surface area contributed by atoms with Gasteiger partial charge < -0.3 is 30.3 Å². The van der Waals surface area contributed by atoms with Crippen molar-refractivity contribution in [2.75, 3.05) is 0 Å². The maximum Gasteiger partial charge on any atom is 0.335 e. The van der Waals surface area contributed by atoms with Crippen LogP contribution in [0, 0.1) is 5.92 Å². The van der Waals surface area contributed by atoms with Crippen LogP contribution in [-0.2, 0) is 14.3 Å². The number of esters is 1. The van der Waals surface area contributed by atoms with Gasteiger partial charge in [-0.15, -0.1) is 0 Å². The van der Waals surface area contributed by atoms with E-state index in [4.69, 9.17) is 9.84 Å². The van der Waals surface area contributed by atoms with E-state index < -0.39 is 42.1 Å². The molecule has 0 unspecified atom stereocenters. The molecule has 136 valence electrons. The molecule has 1 aliphatic rings. The SMILES string of the molecule is C[C@H]1C[C@](O)(C(=O)O)C[C@H](OC(=O)/C=C/c2ccc(O)c(O)c2)[C@H]1O. The predicted octanol–water partition coefficient (Wildman–Crippen LogP) is 0.629. The van der Waals surface area contributed by atoms with E-state index in [1.807, 2.05) is 0 Å². The van der Waals surface area contributed by atoms with Gasteiger partial charge in [-0.3, -0.25) is 0 Å². The number of carboxylic acid groups (broad SMARTS) is 1. The summed E-state index contributed by atoms with van der Waals surface area (Å²) in [5.41, 5.74) is -1.64. The topological polar surface area (TPSA) is 145 Å². The summed E-state index contributed by atoms with van der Waals surface area (Å²) >= 11 is 0. The van der Waals surface area contributed by atoms with Crippen LogP contribution in [0.25, 0.3) is 6.08 Å². The molecule has 0 heterocycles. The van der Waals surface area contributed by atoms with Gasteiger partial charge >= 0.3 is 11.9 Å². The van der Waals surface area contributed by atoms with Gasteiger partial charge in [0.05, 0.1) is 6.10 Å². The Balaban J connectivity index is 2.06. The van der Waals surface area contributed by atoms with E-state index in [0.29, 0.717) is 5.56 Å². The standard InChI is InChI=1S/C17H20O8/c1-9-7-17(24,16(22)23)8-13(15(9)21)25-14(20)5-3-10-2-4-11(18)12(19)6-10/h2-6,9,13,15,18-19,21,24H,7-8H2,1H3,(H,22,23)/b5-3+/t9-,13-,15-,17+/m0/s1. The summed E-state index contributed by atoms with van der Waals surface area (Å²) in [5.74, 6) is -3.47. The van der Waals surface area contributed by atoms with E-state index in [0.717, 1.165) is 6.08 Å². The first-order valence-electron chi connectivity index (χ1n) is 7.67. The van der Waals surface area contributed by atoms with Gasteiger partial charge in [-0.05, 0) is 36.1 Å². The summed E-state index contributed by atoms with van der Waals surface area (Å²) in [5, 5.41) is 47.9. The molecule has 0 radical (unpaired) electrons. The Morgan fingerprint density at radius 1 is 1.24 bits per heavy atom. The zero-order chi connectivity index (χ0) is 18.8. The van der Waals surface area contributed by atoms with Crippen molar-refractivity contribution in [1.82, 2.24) is 0 Å². The first-order chi connectivity index (χ1) is 11.6. The number of carbonyl (C=O) groups excluding carboxylic acids is 1. The van der Waals surface area contributed by atoms with Crippen LogP contribution >= 0.6 is 0 Å². The number of carboxylic acids is 1. The van der Waals surface area contributed by atoms with Crippen molar-refractivity contribution in [2.45, 2.75) is 37.6 Å². The highest BCUT2D eigenvalue weighted by Crippen LogP contribution is 2.34. The normalized spacial score (nSPS) is 29.5. The molecule has 0 spiro atoms. The van der Waals surface area contributed by atoms with Crippen LogP contribution in [0.5, 0.6) is 11.5 Å². The van der Waals surface area contributed by atoms with Crippen molar-refractivity contribution < 1.29 is 39.9 Å². The van der Waals surface area contributed by atoms with Crippen molar-refractivity contribution >= 4 is 18.0 Å². The zero-order valence-corrected chi connectivity index (χ0v) is 13.5. The van der Waals surface area contributed by atoms with Gasteiger partial charge in [0.2, 0.25) is 0 Å². The van der Waals surface area contributed by atoms with Crippen LogP contribution in [0.2, 0.25) is 0 Å². The molecule has 1 fully saturated rings. The number of hydrogen-bond acceptors (Lipinski definition) is 7. The van der Waals surface area contributed by atoms with Gasteiger partial charge in [0, 0.05) is 12.5 Å². The number of aliphatic hydroxyl groups is 2. The van der Waals surface area contributed by atoms with Gasteiger partial charge in [-0.1, -0.05) is 13.0 Å². The second-order valence-electron chi connectivity index (χ2n) is 6.27. The maximum absolute atomic E-state index is 11.9. The molecule has 4 atom stereocenters. The van der Waals surface area contributed by atoms with Crippen LogP contribution in [0.3, 0.4) is 0 Å². The van der Waals surface area contributed by atoms with Gasteiger partial charge in [0.15, 0.2) is 17.1 Å². The molecule has 1 aliphatic carbocycles. The fraction of sp³-hybridized carbons (Fsp3) is 0.412. The third kappa shape index (κ3) is 4.28. The highest BCUT2D eigenvalue weighted by Gasteiger charge is 2.49. The molecule has 25 heavy (non-hydrogen) atoms. The second kappa shape index (κ2) is 7.12. The number of benzene rings is 1. The summed E-state index contributed by atoms with van der Waals surface area (Å²) in [4.78, 5) is 23.1. The van der Waals surface area contributed by atoms with E-state index in [9.17, 15) is 30.0 Å². The van der Waals surface area contributed by atoms with E-state index in [2.05, 4.69) is 0 Å². The molecular weight excluding hydrogens is 332 g/mol. The molecule has 1 aromatic carbocycles. The Morgan fingerprint density at radius 3 is 2.52 bits per heavy atom. The van der Waals surface area contributed by atoms with Crippen molar-refractivity contribution in [2.24, 2.45) is 5.92 Å². The summed E-state index contributed by atoms with van der Waals surface area (Å²) in [6, 6.07) is 3.94. The summed E-state index contributed by atoms with van der Waals surface area (Å²) in [6.45, 7) is 1.56. The van der Waals surface area contributed by atoms with Gasteiger partial charge in [-0.25, -0.2) is 9.59 Å². The lowest BCUT2D eigenvalue weighted by atomic mass is 9.75. The molecule has 0 amide bonds. The highest BCUT2D eigenvalue weighted by atomic mass is 16.6. The lowest BCUT2D eigenvalue weighted by Crippen LogP contribution is -2.54. The Morgan fingerprint density at radius 2 is 1.92 bits per heavy atom. The van der Waals surface area contributed by atoms with Crippen molar-refractivity contribution in [3.05, 3.63) is 29.8 Å². The van der Waals surface area contributed by atoms with Crippen LogP contribution in [0.15, 0.2) is 24.3 Å². The summed E-state index contributed by atoms with van der Waals surface area (Å²) in [6.07, 6.45) is -0.431. The molecule has 1 aromatic rings. The molecule has 5 N–H and O–H groups in total. The molecule has 0 bridgehead atoms. The molecule has 8 heteroatoms. The third-order valence-corrected chi connectivity index (χ3v) is 4.24. The number of hydrogen-bond donors (Lipinski definition) is 5. The van der Waals surface area contributed by atoms with Crippen LogP contribution in [0.4, 0.5) is 0 Å². The fourth-order valence-electron chi connectivity index (χ4n) is 2.84. The highest BCUT2D eigenvalue weighted by molar-refractivity contribution is 5.87. The number of phenolic OH excluding ortho intramolecular Hbond substituents is 2. The van der Waals surface area contributed by atoms with Gasteiger partial charge in [-0.2, -0.15) is 0 Å². The van der Waals surface area contributed by atoms with E-state index in [1.54, 1.807) is 6.92 Å². The Kier molecular flexibility index (Phi) is 5.34. The van der Waals surface area contributed by atoms with Crippen molar-refractivity contribution in [3.8, 4) is 11.5 Å².